The Labute approximate surface area is 114 Å². The van der Waals surface area contributed by atoms with E-state index in [9.17, 15) is 15.0 Å². The Morgan fingerprint density at radius 2 is 1.89 bits per heavy atom. The van der Waals surface area contributed by atoms with Crippen LogP contribution >= 0.6 is 11.6 Å². The Hall–Kier alpha value is -2.20. The maximum atomic E-state index is 10.9. The molecule has 0 saturated carbocycles. The number of aromatic hydroxyl groups is 2. The summed E-state index contributed by atoms with van der Waals surface area (Å²) in [4.78, 5) is 10.9. The van der Waals surface area contributed by atoms with E-state index in [2.05, 4.69) is 0 Å². The zero-order chi connectivity index (χ0) is 14.0. The second-order valence-electron chi connectivity index (χ2n) is 4.07. The summed E-state index contributed by atoms with van der Waals surface area (Å²) in [6.07, 6.45) is 0.194. The third-order valence-electron chi connectivity index (χ3n) is 2.76. The highest BCUT2D eigenvalue weighted by Gasteiger charge is 2.17. The molecule has 3 N–H and O–H groups in total. The zero-order valence-corrected chi connectivity index (χ0v) is 10.6. The molecule has 0 spiro atoms. The summed E-state index contributed by atoms with van der Waals surface area (Å²) in [5.74, 6) is -1.82. The van der Waals surface area contributed by atoms with E-state index in [1.54, 1.807) is 24.3 Å². The van der Waals surface area contributed by atoms with Crippen LogP contribution in [0.4, 0.5) is 0 Å². The molecule has 98 valence electrons. The fourth-order valence-corrected chi connectivity index (χ4v) is 2.04. The minimum absolute atomic E-state index is 0.150. The van der Waals surface area contributed by atoms with Crippen molar-refractivity contribution in [2.24, 2.45) is 0 Å². The molecule has 0 aliphatic heterocycles. The summed E-state index contributed by atoms with van der Waals surface area (Å²) in [6.45, 7) is 0. The third kappa shape index (κ3) is 2.80. The SMILES string of the molecule is O=C(O)c1ccc(O)c(Cc2cccc(Cl)c2)c1O. The molecule has 0 saturated heterocycles. The average molecular weight is 279 g/mol. The molecule has 0 radical (unpaired) electrons. The van der Waals surface area contributed by atoms with Crippen LogP contribution in [0.25, 0.3) is 0 Å². The van der Waals surface area contributed by atoms with Crippen LogP contribution in [0, 0.1) is 0 Å². The summed E-state index contributed by atoms with van der Waals surface area (Å²) >= 11 is 5.85. The minimum atomic E-state index is -1.25. The molecule has 5 heteroatoms. The van der Waals surface area contributed by atoms with Gasteiger partial charge in [-0.05, 0) is 29.8 Å². The first kappa shape index (κ1) is 13.2. The van der Waals surface area contributed by atoms with E-state index in [1.165, 1.54) is 6.07 Å². The molecular weight excluding hydrogens is 268 g/mol. The molecule has 19 heavy (non-hydrogen) atoms. The lowest BCUT2D eigenvalue weighted by Gasteiger charge is -2.10. The number of carbonyl (C=O) groups is 1. The quantitative estimate of drug-likeness (QED) is 0.806. The lowest BCUT2D eigenvalue weighted by atomic mass is 10.00. The van der Waals surface area contributed by atoms with Crippen molar-refractivity contribution in [1.82, 2.24) is 0 Å². The van der Waals surface area contributed by atoms with E-state index >= 15 is 0 Å². The van der Waals surface area contributed by atoms with Crippen molar-refractivity contribution in [3.63, 3.8) is 0 Å². The van der Waals surface area contributed by atoms with Crippen molar-refractivity contribution < 1.29 is 20.1 Å². The summed E-state index contributed by atoms with van der Waals surface area (Å²) in [5.41, 5.74) is 0.692. The number of rotatable bonds is 3. The zero-order valence-electron chi connectivity index (χ0n) is 9.80. The molecular formula is C14H11ClO4. The molecule has 0 atom stereocenters. The predicted octanol–water partition coefficient (Wildman–Crippen LogP) is 3.04. The standard InChI is InChI=1S/C14H11ClO4/c15-9-3-1-2-8(6-9)7-11-12(16)5-4-10(13(11)17)14(18)19/h1-6,16-17H,7H2,(H,18,19). The Bertz CT molecular complexity index is 637. The van der Waals surface area contributed by atoms with Gasteiger partial charge in [0, 0.05) is 17.0 Å². The van der Waals surface area contributed by atoms with Gasteiger partial charge in [0.25, 0.3) is 0 Å². The van der Waals surface area contributed by atoms with E-state index in [1.807, 2.05) is 0 Å². The maximum Gasteiger partial charge on any atom is 0.339 e. The lowest BCUT2D eigenvalue weighted by molar-refractivity contribution is 0.0693. The monoisotopic (exact) mass is 278 g/mol. The summed E-state index contributed by atoms with van der Waals surface area (Å²) in [5, 5.41) is 29.1. The van der Waals surface area contributed by atoms with Gasteiger partial charge in [-0.3, -0.25) is 0 Å². The molecule has 4 nitrogen and oxygen atoms in total. The average Bonchev–Trinajstić information content (AvgIpc) is 2.34. The Morgan fingerprint density at radius 3 is 2.53 bits per heavy atom. The van der Waals surface area contributed by atoms with Gasteiger partial charge in [-0.1, -0.05) is 23.7 Å². The molecule has 0 fully saturated rings. The van der Waals surface area contributed by atoms with Crippen molar-refractivity contribution in [3.8, 4) is 11.5 Å². The number of phenols is 2. The van der Waals surface area contributed by atoms with Crippen molar-refractivity contribution in [2.45, 2.75) is 6.42 Å². The second-order valence-corrected chi connectivity index (χ2v) is 4.51. The van der Waals surface area contributed by atoms with Crippen LogP contribution in [0.3, 0.4) is 0 Å². The molecule has 0 aliphatic rings. The molecule has 2 rings (SSSR count). The normalized spacial score (nSPS) is 10.4. The molecule has 0 aromatic heterocycles. The number of hydrogen-bond acceptors (Lipinski definition) is 3. The fourth-order valence-electron chi connectivity index (χ4n) is 1.82. The van der Waals surface area contributed by atoms with Crippen LogP contribution in [-0.4, -0.2) is 21.3 Å². The van der Waals surface area contributed by atoms with E-state index in [0.717, 1.165) is 11.6 Å². The molecule has 0 unspecified atom stereocenters. The van der Waals surface area contributed by atoms with Crippen molar-refractivity contribution >= 4 is 17.6 Å². The number of phenolic OH excluding ortho intramolecular Hbond substituents is 1. The Morgan fingerprint density at radius 1 is 1.16 bits per heavy atom. The highest BCUT2D eigenvalue weighted by Crippen LogP contribution is 2.32. The number of benzene rings is 2. The Kier molecular flexibility index (Phi) is 3.62. The van der Waals surface area contributed by atoms with Crippen LogP contribution in [-0.2, 0) is 6.42 Å². The van der Waals surface area contributed by atoms with Crippen molar-refractivity contribution in [2.75, 3.05) is 0 Å². The van der Waals surface area contributed by atoms with Gasteiger partial charge in [-0.15, -0.1) is 0 Å². The molecule has 2 aromatic carbocycles. The highest BCUT2D eigenvalue weighted by molar-refractivity contribution is 6.30. The van der Waals surface area contributed by atoms with Gasteiger partial charge in [-0.25, -0.2) is 4.79 Å². The Balaban J connectivity index is 2.45. The molecule has 0 amide bonds. The van der Waals surface area contributed by atoms with Crippen LogP contribution in [0.5, 0.6) is 11.5 Å². The van der Waals surface area contributed by atoms with Crippen LogP contribution < -0.4 is 0 Å². The van der Waals surface area contributed by atoms with Gasteiger partial charge in [0.1, 0.15) is 17.1 Å². The van der Waals surface area contributed by atoms with Gasteiger partial charge in [0.05, 0.1) is 0 Å². The largest absolute Gasteiger partial charge is 0.508 e. The summed E-state index contributed by atoms with van der Waals surface area (Å²) < 4.78 is 0. The fraction of sp³-hybridized carbons (Fsp3) is 0.0714. The van der Waals surface area contributed by atoms with E-state index < -0.39 is 11.7 Å². The van der Waals surface area contributed by atoms with Gasteiger partial charge in [0.2, 0.25) is 0 Å². The first-order chi connectivity index (χ1) is 8.99. The third-order valence-corrected chi connectivity index (χ3v) is 2.99. The number of carboxylic acid groups (broad SMARTS) is 1. The number of carboxylic acids is 1. The predicted molar refractivity (Wildman–Crippen MR) is 71.0 cm³/mol. The first-order valence-corrected chi connectivity index (χ1v) is 5.88. The summed E-state index contributed by atoms with van der Waals surface area (Å²) in [7, 11) is 0. The molecule has 0 bridgehead atoms. The van der Waals surface area contributed by atoms with Gasteiger partial charge in [0.15, 0.2) is 0 Å². The topological polar surface area (TPSA) is 77.8 Å². The molecule has 2 aromatic rings. The van der Waals surface area contributed by atoms with Crippen molar-refractivity contribution in [1.29, 1.82) is 0 Å². The summed E-state index contributed by atoms with van der Waals surface area (Å²) in [6, 6.07) is 9.33. The molecule has 0 aliphatic carbocycles. The number of hydrogen-bond donors (Lipinski definition) is 3. The highest BCUT2D eigenvalue weighted by atomic mass is 35.5. The van der Waals surface area contributed by atoms with E-state index in [0.29, 0.717) is 5.02 Å². The van der Waals surface area contributed by atoms with Crippen LogP contribution in [0.2, 0.25) is 5.02 Å². The minimum Gasteiger partial charge on any atom is -0.508 e. The van der Waals surface area contributed by atoms with Crippen LogP contribution in [0.15, 0.2) is 36.4 Å². The van der Waals surface area contributed by atoms with Gasteiger partial charge < -0.3 is 15.3 Å². The van der Waals surface area contributed by atoms with Crippen molar-refractivity contribution in [3.05, 3.63) is 58.1 Å². The van der Waals surface area contributed by atoms with E-state index in [4.69, 9.17) is 16.7 Å². The lowest BCUT2D eigenvalue weighted by Crippen LogP contribution is -2.00. The first-order valence-electron chi connectivity index (χ1n) is 5.50. The van der Waals surface area contributed by atoms with Crippen LogP contribution in [0.1, 0.15) is 21.5 Å². The van der Waals surface area contributed by atoms with Gasteiger partial charge in [-0.2, -0.15) is 0 Å². The second kappa shape index (κ2) is 5.20. The van der Waals surface area contributed by atoms with Gasteiger partial charge >= 0.3 is 5.97 Å². The number of halogens is 1. The smallest absolute Gasteiger partial charge is 0.339 e. The maximum absolute atomic E-state index is 10.9. The van der Waals surface area contributed by atoms with E-state index in [-0.39, 0.29) is 23.3 Å². The molecule has 0 heterocycles. The number of aromatic carboxylic acids is 1.